The molecule has 1 heterocycles. The van der Waals surface area contributed by atoms with Crippen LogP contribution in [-0.2, 0) is 0 Å². The molecule has 9 heavy (non-hydrogen) atoms. The van der Waals surface area contributed by atoms with Gasteiger partial charge in [0.05, 0.1) is 0 Å². The van der Waals surface area contributed by atoms with E-state index >= 15 is 0 Å². The molecule has 0 N–H and O–H groups in total. The Kier molecular flexibility index (Phi) is 2.06. The number of carbonyl (C=O) groups excluding carboxylic acids is 1. The van der Waals surface area contributed by atoms with Crippen molar-refractivity contribution >= 4 is 32.0 Å². The third kappa shape index (κ3) is 1.65. The average Bonchev–Trinajstić information content (AvgIpc) is 2.14. The third-order valence-electron chi connectivity index (χ3n) is 0.942. The summed E-state index contributed by atoms with van der Waals surface area (Å²) in [7, 11) is 0. The predicted octanol–water partition coefficient (Wildman–Crippen LogP) is 1.37. The molecule has 0 bridgehead atoms. The molecular weight excluding hydrogens is 199 g/mol. The fourth-order valence-electron chi connectivity index (χ4n) is 0.544. The zero-order valence-electron chi connectivity index (χ0n) is 4.88. The molecule has 0 amide bonds. The first-order chi connectivity index (χ1) is 4.20. The molecule has 1 aromatic heterocycles. The Balaban J connectivity index is 2.98. The molecule has 47 valence electrons. The van der Waals surface area contributed by atoms with Crippen molar-refractivity contribution in [2.45, 2.75) is 6.92 Å². The fourth-order valence-corrected chi connectivity index (χ4v) is 1.65. The minimum atomic E-state index is 0.0353. The molecule has 1 nitrogen and oxygen atoms in total. The Labute approximate surface area is 65.9 Å². The zero-order chi connectivity index (χ0) is 6.85. The van der Waals surface area contributed by atoms with E-state index in [9.17, 15) is 4.79 Å². The van der Waals surface area contributed by atoms with Gasteiger partial charge < -0.3 is 0 Å². The molecule has 1 rings (SSSR count). The van der Waals surface area contributed by atoms with Gasteiger partial charge >= 0.3 is 65.6 Å². The Bertz CT molecular complexity index is 229. The molecule has 0 atom stereocenters. The van der Waals surface area contributed by atoms with Crippen molar-refractivity contribution < 1.29 is 4.79 Å². The molecule has 0 unspecified atom stereocenters. The van der Waals surface area contributed by atoms with Gasteiger partial charge in [-0.1, -0.05) is 0 Å². The molecule has 0 saturated carbocycles. The first-order valence-electron chi connectivity index (χ1n) is 2.48. The summed E-state index contributed by atoms with van der Waals surface area (Å²) >= 11 is 3.96. The van der Waals surface area contributed by atoms with E-state index < -0.39 is 0 Å². The van der Waals surface area contributed by atoms with Crippen LogP contribution in [0.1, 0.15) is 14.5 Å². The predicted molar refractivity (Wildman–Crippen MR) is 39.1 cm³/mol. The van der Waals surface area contributed by atoms with Gasteiger partial charge in [0.2, 0.25) is 0 Å². The number of carbonyl (C=O) groups is 1. The van der Waals surface area contributed by atoms with E-state index in [0.29, 0.717) is 0 Å². The van der Waals surface area contributed by atoms with Crippen molar-refractivity contribution in [1.82, 2.24) is 0 Å². The molecule has 0 spiro atoms. The normalized spacial score (nSPS) is 9.44. The molecule has 0 saturated heterocycles. The number of hydrogen-bond donors (Lipinski definition) is 0. The number of hydrogen-bond acceptors (Lipinski definition) is 2. The standard InChI is InChI=1S/C6H5OSSe/c1-4-2-3-5(8-4)6(7)9/h2-3H,1H3. The fraction of sp³-hybridized carbons (Fsp3) is 0.167. The molecule has 0 aliphatic rings. The monoisotopic (exact) mass is 205 g/mol. The second-order valence-electron chi connectivity index (χ2n) is 1.70. The van der Waals surface area contributed by atoms with Crippen LogP contribution in [0.15, 0.2) is 12.1 Å². The van der Waals surface area contributed by atoms with Gasteiger partial charge in [-0.05, 0) is 0 Å². The van der Waals surface area contributed by atoms with E-state index in [4.69, 9.17) is 0 Å². The topological polar surface area (TPSA) is 17.1 Å². The number of aryl methyl sites for hydroxylation is 1. The first-order valence-corrected chi connectivity index (χ1v) is 4.15. The molecule has 3 heteroatoms. The molecule has 1 radical (unpaired) electrons. The zero-order valence-corrected chi connectivity index (χ0v) is 7.41. The summed E-state index contributed by atoms with van der Waals surface area (Å²) in [4.78, 5) is 12.6. The second kappa shape index (κ2) is 2.65. The van der Waals surface area contributed by atoms with Crippen LogP contribution in [0.25, 0.3) is 0 Å². The van der Waals surface area contributed by atoms with Crippen LogP contribution < -0.4 is 0 Å². The van der Waals surface area contributed by atoms with Crippen molar-refractivity contribution in [3.05, 3.63) is 21.9 Å². The van der Waals surface area contributed by atoms with E-state index in [-0.39, 0.29) is 4.68 Å². The van der Waals surface area contributed by atoms with Crippen LogP contribution in [0.5, 0.6) is 0 Å². The summed E-state index contributed by atoms with van der Waals surface area (Å²) in [5.41, 5.74) is 0. The van der Waals surface area contributed by atoms with Crippen molar-refractivity contribution in [3.63, 3.8) is 0 Å². The van der Waals surface area contributed by atoms with Gasteiger partial charge in [-0.3, -0.25) is 0 Å². The Morgan fingerprint density at radius 1 is 1.67 bits per heavy atom. The summed E-state index contributed by atoms with van der Waals surface area (Å²) in [6, 6.07) is 3.77. The van der Waals surface area contributed by atoms with E-state index in [1.807, 2.05) is 19.1 Å². The summed E-state index contributed by atoms with van der Waals surface area (Å²) < 4.78 is 0.0353. The van der Waals surface area contributed by atoms with Gasteiger partial charge in [0.15, 0.2) is 0 Å². The van der Waals surface area contributed by atoms with Crippen LogP contribution in [0.4, 0.5) is 0 Å². The third-order valence-corrected chi connectivity index (χ3v) is 2.69. The SMILES string of the molecule is Cc1ccc(C(=O)[Se])s1. The Morgan fingerprint density at radius 2 is 2.33 bits per heavy atom. The first kappa shape index (κ1) is 7.00. The van der Waals surface area contributed by atoms with Crippen LogP contribution in [0.2, 0.25) is 0 Å². The molecule has 0 aromatic carbocycles. The minimum absolute atomic E-state index is 0.0353. The van der Waals surface area contributed by atoms with Crippen molar-refractivity contribution in [2.24, 2.45) is 0 Å². The van der Waals surface area contributed by atoms with Crippen LogP contribution in [0, 0.1) is 6.92 Å². The van der Waals surface area contributed by atoms with E-state index in [2.05, 4.69) is 16.0 Å². The van der Waals surface area contributed by atoms with Gasteiger partial charge in [0.25, 0.3) is 0 Å². The second-order valence-corrected chi connectivity index (χ2v) is 3.76. The summed E-state index contributed by atoms with van der Waals surface area (Å²) in [6.45, 7) is 1.98. The molecule has 0 fully saturated rings. The molecule has 0 aliphatic carbocycles. The summed E-state index contributed by atoms with van der Waals surface area (Å²) in [5, 5.41) is 0. The van der Waals surface area contributed by atoms with Gasteiger partial charge in [0, 0.05) is 0 Å². The Hall–Kier alpha value is -0.111. The maximum atomic E-state index is 10.6. The van der Waals surface area contributed by atoms with Gasteiger partial charge in [-0.15, -0.1) is 0 Å². The number of thiophene rings is 1. The Morgan fingerprint density at radius 3 is 2.56 bits per heavy atom. The van der Waals surface area contributed by atoms with Gasteiger partial charge in [0.1, 0.15) is 0 Å². The van der Waals surface area contributed by atoms with Crippen LogP contribution in [0.3, 0.4) is 0 Å². The van der Waals surface area contributed by atoms with Crippen LogP contribution in [-0.4, -0.2) is 20.7 Å². The molecule has 1 aromatic rings. The van der Waals surface area contributed by atoms with Crippen molar-refractivity contribution in [1.29, 1.82) is 0 Å². The average molecular weight is 204 g/mol. The quantitative estimate of drug-likeness (QED) is 0.631. The van der Waals surface area contributed by atoms with E-state index in [1.165, 1.54) is 16.2 Å². The van der Waals surface area contributed by atoms with Crippen LogP contribution >= 0.6 is 11.3 Å². The van der Waals surface area contributed by atoms with E-state index in [1.54, 1.807) is 0 Å². The molecule has 0 aliphatic heterocycles. The van der Waals surface area contributed by atoms with E-state index in [0.717, 1.165) is 4.88 Å². The van der Waals surface area contributed by atoms with Gasteiger partial charge in [-0.2, -0.15) is 0 Å². The summed E-state index contributed by atoms with van der Waals surface area (Å²) in [6.07, 6.45) is 0. The summed E-state index contributed by atoms with van der Waals surface area (Å²) in [5.74, 6) is 0. The van der Waals surface area contributed by atoms with Gasteiger partial charge in [-0.25, -0.2) is 0 Å². The van der Waals surface area contributed by atoms with Crippen molar-refractivity contribution in [2.75, 3.05) is 0 Å². The van der Waals surface area contributed by atoms with Crippen molar-refractivity contribution in [3.8, 4) is 0 Å². The number of rotatable bonds is 1. The maximum absolute atomic E-state index is 10.6. The molecular formula is C6H5OSSe.